The zero-order valence-electron chi connectivity index (χ0n) is 12.1. The van der Waals surface area contributed by atoms with Crippen LogP contribution in [0.25, 0.3) is 0 Å². The first-order chi connectivity index (χ1) is 9.24. The summed E-state index contributed by atoms with van der Waals surface area (Å²) < 4.78 is 38.3. The fourth-order valence-corrected chi connectivity index (χ4v) is 3.20. The van der Waals surface area contributed by atoms with Gasteiger partial charge in [0.15, 0.2) is 5.96 Å². The van der Waals surface area contributed by atoms with Crippen molar-refractivity contribution < 1.29 is 13.2 Å². The molecule has 2 rings (SSSR count). The molecule has 20 heavy (non-hydrogen) atoms. The van der Waals surface area contributed by atoms with E-state index in [-0.39, 0.29) is 18.4 Å². The summed E-state index contributed by atoms with van der Waals surface area (Å²) in [5.74, 6) is -0.678. The van der Waals surface area contributed by atoms with Gasteiger partial charge in [0.2, 0.25) is 0 Å². The van der Waals surface area contributed by atoms with E-state index in [1.165, 1.54) is 0 Å². The van der Waals surface area contributed by atoms with Crippen molar-refractivity contribution in [1.29, 1.82) is 0 Å². The number of hydrogen-bond donors (Lipinski definition) is 1. The lowest BCUT2D eigenvalue weighted by molar-refractivity contribution is -0.186. The van der Waals surface area contributed by atoms with E-state index in [4.69, 9.17) is 5.73 Å². The zero-order chi connectivity index (χ0) is 15.0. The Morgan fingerprint density at radius 3 is 2.45 bits per heavy atom. The van der Waals surface area contributed by atoms with Gasteiger partial charge >= 0.3 is 6.18 Å². The molecule has 0 aromatic heterocycles. The molecule has 7 heteroatoms. The molecule has 1 spiro atoms. The molecule has 0 amide bonds. The fraction of sp³-hybridized carbons (Fsp3) is 0.923. The van der Waals surface area contributed by atoms with Crippen molar-refractivity contribution in [2.45, 2.75) is 37.4 Å². The molecule has 0 bridgehead atoms. The van der Waals surface area contributed by atoms with E-state index in [0.29, 0.717) is 25.3 Å². The highest BCUT2D eigenvalue weighted by Crippen LogP contribution is 2.44. The van der Waals surface area contributed by atoms with Gasteiger partial charge in [0.1, 0.15) is 0 Å². The van der Waals surface area contributed by atoms with Crippen LogP contribution in [0.4, 0.5) is 13.2 Å². The molecule has 0 saturated heterocycles. The van der Waals surface area contributed by atoms with Crippen LogP contribution in [0.3, 0.4) is 0 Å². The van der Waals surface area contributed by atoms with E-state index < -0.39 is 12.1 Å². The van der Waals surface area contributed by atoms with E-state index in [0.717, 1.165) is 13.1 Å². The number of aliphatic imine (C=N–C) groups is 1. The maximum Gasteiger partial charge on any atom is 0.391 e. The number of rotatable bonds is 3. The lowest BCUT2D eigenvalue weighted by Crippen LogP contribution is -2.55. The molecule has 2 aliphatic rings. The Hall–Kier alpha value is -0.980. The number of alkyl halides is 3. The summed E-state index contributed by atoms with van der Waals surface area (Å²) in [5, 5.41) is 0. The van der Waals surface area contributed by atoms with Crippen LogP contribution in [-0.4, -0.2) is 61.2 Å². The first kappa shape index (κ1) is 15.4. The predicted molar refractivity (Wildman–Crippen MR) is 72.5 cm³/mol. The van der Waals surface area contributed by atoms with Crippen molar-refractivity contribution in [1.82, 2.24) is 9.80 Å². The second-order valence-electron chi connectivity index (χ2n) is 6.17. The third-order valence-corrected chi connectivity index (χ3v) is 4.53. The van der Waals surface area contributed by atoms with Crippen LogP contribution in [0.5, 0.6) is 0 Å². The maximum atomic E-state index is 12.8. The van der Waals surface area contributed by atoms with Gasteiger partial charge in [-0.2, -0.15) is 13.2 Å². The first-order valence-corrected chi connectivity index (χ1v) is 7.04. The summed E-state index contributed by atoms with van der Waals surface area (Å²) in [6, 6.07) is 0. The van der Waals surface area contributed by atoms with Gasteiger partial charge < -0.3 is 15.5 Å². The highest BCUT2D eigenvalue weighted by Gasteiger charge is 2.50. The van der Waals surface area contributed by atoms with Gasteiger partial charge in [-0.15, -0.1) is 0 Å². The molecule has 0 unspecified atom stereocenters. The van der Waals surface area contributed by atoms with Crippen molar-refractivity contribution in [3.8, 4) is 0 Å². The molecule has 4 nitrogen and oxygen atoms in total. The highest BCUT2D eigenvalue weighted by molar-refractivity contribution is 5.81. The molecule has 2 N–H and O–H groups in total. The van der Waals surface area contributed by atoms with Crippen molar-refractivity contribution in [3.05, 3.63) is 0 Å². The van der Waals surface area contributed by atoms with Crippen LogP contribution in [0.2, 0.25) is 0 Å². The third kappa shape index (κ3) is 3.02. The van der Waals surface area contributed by atoms with Gasteiger partial charge in [0.25, 0.3) is 0 Å². The molecule has 1 saturated carbocycles. The highest BCUT2D eigenvalue weighted by atomic mass is 19.4. The minimum Gasteiger partial charge on any atom is -0.370 e. The van der Waals surface area contributed by atoms with Gasteiger partial charge in [0.05, 0.1) is 18.0 Å². The molecule has 116 valence electrons. The van der Waals surface area contributed by atoms with E-state index in [1.807, 2.05) is 23.9 Å². The van der Waals surface area contributed by atoms with Crippen molar-refractivity contribution >= 4 is 5.96 Å². The smallest absolute Gasteiger partial charge is 0.370 e. The van der Waals surface area contributed by atoms with Gasteiger partial charge in [-0.3, -0.25) is 4.99 Å². The standard InChI is InChI=1S/C13H23F3N4/c1-19(2)7-8-20-11(17)18-9-12(20)5-3-10(4-6-12)13(14,15)16/h10H,3-9H2,1-2H3,(H2,17,18). The number of likely N-dealkylation sites (N-methyl/N-ethyl adjacent to an activating group) is 1. The zero-order valence-corrected chi connectivity index (χ0v) is 12.1. The Labute approximate surface area is 117 Å². The van der Waals surface area contributed by atoms with Gasteiger partial charge in [-0.05, 0) is 39.8 Å². The molecular weight excluding hydrogens is 269 g/mol. The summed E-state index contributed by atoms with van der Waals surface area (Å²) in [5.41, 5.74) is 5.65. The lowest BCUT2D eigenvalue weighted by atomic mass is 9.75. The average molecular weight is 292 g/mol. The summed E-state index contributed by atoms with van der Waals surface area (Å²) in [6.07, 6.45) is -2.65. The van der Waals surface area contributed by atoms with Crippen molar-refractivity contribution in [2.75, 3.05) is 33.7 Å². The topological polar surface area (TPSA) is 44.9 Å². The number of nitrogens with zero attached hydrogens (tertiary/aromatic N) is 3. The Morgan fingerprint density at radius 2 is 1.95 bits per heavy atom. The number of hydrogen-bond acceptors (Lipinski definition) is 4. The van der Waals surface area contributed by atoms with Crippen LogP contribution < -0.4 is 5.73 Å². The Kier molecular flexibility index (Phi) is 4.18. The molecule has 0 aromatic carbocycles. The van der Waals surface area contributed by atoms with E-state index in [2.05, 4.69) is 4.99 Å². The fourth-order valence-electron chi connectivity index (χ4n) is 3.20. The van der Waals surface area contributed by atoms with Gasteiger partial charge in [-0.1, -0.05) is 0 Å². The predicted octanol–water partition coefficient (Wildman–Crippen LogP) is 1.67. The van der Waals surface area contributed by atoms with Crippen LogP contribution >= 0.6 is 0 Å². The van der Waals surface area contributed by atoms with Gasteiger partial charge in [-0.25, -0.2) is 0 Å². The molecular formula is C13H23F3N4. The number of halogens is 3. The van der Waals surface area contributed by atoms with Crippen LogP contribution in [0.1, 0.15) is 25.7 Å². The monoisotopic (exact) mass is 292 g/mol. The molecule has 0 aromatic rings. The quantitative estimate of drug-likeness (QED) is 0.860. The summed E-state index contributed by atoms with van der Waals surface area (Å²) in [4.78, 5) is 8.35. The second kappa shape index (κ2) is 5.42. The first-order valence-electron chi connectivity index (χ1n) is 7.04. The number of nitrogens with two attached hydrogens (primary N) is 1. The average Bonchev–Trinajstić information content (AvgIpc) is 2.63. The summed E-state index contributed by atoms with van der Waals surface area (Å²) in [6.45, 7) is 2.08. The maximum absolute atomic E-state index is 12.8. The van der Waals surface area contributed by atoms with Crippen LogP contribution in [0.15, 0.2) is 4.99 Å². The molecule has 0 radical (unpaired) electrons. The van der Waals surface area contributed by atoms with Crippen molar-refractivity contribution in [2.24, 2.45) is 16.6 Å². The SMILES string of the molecule is CN(C)CCN1C(N)=NCC12CCC(C(F)(F)F)CC2. The molecule has 1 aliphatic heterocycles. The van der Waals surface area contributed by atoms with Gasteiger partial charge in [0, 0.05) is 13.1 Å². The molecule has 0 atom stereocenters. The lowest BCUT2D eigenvalue weighted by Gasteiger charge is -2.44. The minimum absolute atomic E-state index is 0.185. The Balaban J connectivity index is 2.01. The van der Waals surface area contributed by atoms with E-state index in [9.17, 15) is 13.2 Å². The summed E-state index contributed by atoms with van der Waals surface area (Å²) >= 11 is 0. The molecule has 1 aliphatic carbocycles. The third-order valence-electron chi connectivity index (χ3n) is 4.53. The largest absolute Gasteiger partial charge is 0.391 e. The molecule has 1 heterocycles. The second-order valence-corrected chi connectivity index (χ2v) is 6.17. The van der Waals surface area contributed by atoms with E-state index in [1.54, 1.807) is 0 Å². The van der Waals surface area contributed by atoms with Crippen LogP contribution in [-0.2, 0) is 0 Å². The van der Waals surface area contributed by atoms with Crippen LogP contribution in [0, 0.1) is 5.92 Å². The normalized spacial score (nSPS) is 31.2. The Bertz CT molecular complexity index is 370. The summed E-state index contributed by atoms with van der Waals surface area (Å²) in [7, 11) is 3.94. The van der Waals surface area contributed by atoms with Crippen molar-refractivity contribution in [3.63, 3.8) is 0 Å². The Morgan fingerprint density at radius 1 is 1.35 bits per heavy atom. The minimum atomic E-state index is -4.07. The van der Waals surface area contributed by atoms with E-state index >= 15 is 0 Å². The molecule has 1 fully saturated rings. The number of guanidine groups is 1.